The Kier molecular flexibility index (Phi) is 14.0. The molecule has 408 valence electrons. The maximum atomic E-state index is 12.2. The number of hydrogen-bond acceptors (Lipinski definition) is 10. The highest BCUT2D eigenvalue weighted by atomic mass is 16.5. The molecule has 0 amide bonds. The molecule has 7 unspecified atom stereocenters. The normalized spacial score (nSPS) is 26.2. The fourth-order valence-electron chi connectivity index (χ4n) is 15.2. The second-order valence-electron chi connectivity index (χ2n) is 23.8. The van der Waals surface area contributed by atoms with Gasteiger partial charge in [0.1, 0.15) is 23.9 Å². The van der Waals surface area contributed by atoms with Crippen LogP contribution in [0.3, 0.4) is 0 Å². The second kappa shape index (κ2) is 21.4. The largest absolute Gasteiger partial charge is 0.508 e. The number of benzene rings is 5. The zero-order valence-corrected chi connectivity index (χ0v) is 45.1. The first-order valence-electron chi connectivity index (χ1n) is 29.1. The van der Waals surface area contributed by atoms with Gasteiger partial charge >= 0.3 is 0 Å². The number of aromatic nitrogens is 1. The summed E-state index contributed by atoms with van der Waals surface area (Å²) in [6.07, 6.45) is 22.8. The minimum absolute atomic E-state index is 0.0277. The van der Waals surface area contributed by atoms with Crippen molar-refractivity contribution in [2.45, 2.75) is 145 Å². The van der Waals surface area contributed by atoms with E-state index < -0.39 is 12.3 Å². The van der Waals surface area contributed by atoms with E-state index >= 15 is 0 Å². The summed E-state index contributed by atoms with van der Waals surface area (Å²) in [6, 6.07) is 28.5. The predicted molar refractivity (Wildman–Crippen MR) is 307 cm³/mol. The van der Waals surface area contributed by atoms with E-state index in [4.69, 9.17) is 19.9 Å². The van der Waals surface area contributed by atoms with Crippen LogP contribution < -0.4 is 15.8 Å². The zero-order chi connectivity index (χ0) is 53.8. The molecule has 14 rings (SSSR count). The number of dihydropyridines is 1. The molecule has 6 aromatic rings. The van der Waals surface area contributed by atoms with Crippen LogP contribution in [0.1, 0.15) is 133 Å². The number of aliphatic hydroxyl groups excluding tert-OH is 2. The Morgan fingerprint density at radius 1 is 0.823 bits per heavy atom. The molecule has 8 bridgehead atoms. The van der Waals surface area contributed by atoms with Gasteiger partial charge in [-0.2, -0.15) is 0 Å². The van der Waals surface area contributed by atoms with E-state index in [1.165, 1.54) is 36.0 Å². The van der Waals surface area contributed by atoms with Crippen LogP contribution in [0, 0.1) is 29.6 Å². The highest BCUT2D eigenvalue weighted by molar-refractivity contribution is 5.89. The number of fused-ring (bicyclic) bond motifs is 6. The Morgan fingerprint density at radius 3 is 2.58 bits per heavy atom. The highest BCUT2D eigenvalue weighted by Crippen LogP contribution is 2.60. The van der Waals surface area contributed by atoms with Crippen molar-refractivity contribution in [2.75, 3.05) is 13.2 Å². The average Bonchev–Trinajstić information content (AvgIpc) is 4.11. The van der Waals surface area contributed by atoms with Crippen LogP contribution in [-0.4, -0.2) is 67.3 Å². The third-order valence-electron chi connectivity index (χ3n) is 19.1. The van der Waals surface area contributed by atoms with E-state index in [1.54, 1.807) is 24.3 Å². The topological polar surface area (TPSA) is 172 Å². The molecule has 3 aliphatic carbocycles. The maximum Gasteiger partial charge on any atom is 0.168 e. The Bertz CT molecular complexity index is 3480. The van der Waals surface area contributed by atoms with Gasteiger partial charge in [-0.05, 0) is 157 Å². The molecule has 1 aromatic heterocycles. The van der Waals surface area contributed by atoms with E-state index in [1.807, 2.05) is 36.4 Å². The van der Waals surface area contributed by atoms with Gasteiger partial charge in [0.25, 0.3) is 0 Å². The quantitative estimate of drug-likeness (QED) is 0.0763. The summed E-state index contributed by atoms with van der Waals surface area (Å²) in [7, 11) is 0. The molecule has 5 aromatic carbocycles. The smallest absolute Gasteiger partial charge is 0.168 e. The Morgan fingerprint density at radius 2 is 1.71 bits per heavy atom. The van der Waals surface area contributed by atoms with Crippen LogP contribution in [-0.2, 0) is 53.8 Å². The number of aryl methyl sites for hydroxylation is 2. The number of hydrogen-bond donors (Lipinski definition) is 7. The molecular weight excluding hydrogens is 987 g/mol. The van der Waals surface area contributed by atoms with Crippen molar-refractivity contribution in [2.24, 2.45) is 23.5 Å². The van der Waals surface area contributed by atoms with Gasteiger partial charge in [-0.25, -0.2) is 0 Å². The molecule has 1 saturated carbocycles. The number of phenols is 3. The molecule has 7 atom stereocenters. The fraction of sp³-hybridized carbons (Fsp3) is 0.412. The zero-order valence-electron chi connectivity index (χ0n) is 45.1. The number of phenolic OH excluding ortho intramolecular Hbond substituents is 3. The molecule has 2 fully saturated rings. The summed E-state index contributed by atoms with van der Waals surface area (Å²) in [6.45, 7) is 0.838. The SMILES string of the molecule is NC1C=C2C#CC(CCc3ccc(O)c(Cc4cccc(O)c4)c3)CCCC3CC(O)C4C=Cc5c(c(CO)cc(O)c5OCc5cc(C67CCOC8(CCCCC8)C6CCc6ccccc67)cc6cn(cc56)C(=C2CO3)N1)C4. The second-order valence-corrected chi connectivity index (χ2v) is 23.8. The molecule has 1 saturated heterocycles. The van der Waals surface area contributed by atoms with Gasteiger partial charge < -0.3 is 55.4 Å². The molecule has 5 aliphatic heterocycles. The first-order chi connectivity index (χ1) is 38.5. The van der Waals surface area contributed by atoms with Crippen molar-refractivity contribution in [3.8, 4) is 34.8 Å². The lowest BCUT2D eigenvalue weighted by molar-refractivity contribution is -0.166. The average molecular weight is 1060 g/mol. The van der Waals surface area contributed by atoms with Crippen LogP contribution in [0.15, 0.2) is 121 Å². The lowest BCUT2D eigenvalue weighted by Crippen LogP contribution is -2.59. The lowest BCUT2D eigenvalue weighted by atomic mass is 9.51. The van der Waals surface area contributed by atoms with Crippen molar-refractivity contribution >= 4 is 22.7 Å². The van der Waals surface area contributed by atoms with Crippen molar-refractivity contribution in [1.82, 2.24) is 9.88 Å². The lowest BCUT2D eigenvalue weighted by Gasteiger charge is -2.59. The molecule has 8 N–H and O–H groups in total. The molecule has 0 radical (unpaired) electrons. The molecule has 11 nitrogen and oxygen atoms in total. The van der Waals surface area contributed by atoms with Crippen LogP contribution in [0.4, 0.5) is 0 Å². The van der Waals surface area contributed by atoms with Crippen molar-refractivity contribution in [1.29, 1.82) is 0 Å². The van der Waals surface area contributed by atoms with E-state index in [0.29, 0.717) is 37.2 Å². The van der Waals surface area contributed by atoms with Gasteiger partial charge in [0.05, 0.1) is 37.2 Å². The third-order valence-corrected chi connectivity index (χ3v) is 19.1. The maximum absolute atomic E-state index is 12.2. The Labute approximate surface area is 463 Å². The van der Waals surface area contributed by atoms with Crippen molar-refractivity contribution in [3.63, 3.8) is 0 Å². The van der Waals surface area contributed by atoms with Gasteiger partial charge in [0.15, 0.2) is 11.5 Å². The first-order valence-corrected chi connectivity index (χ1v) is 29.1. The molecular formula is C68H73N3O8. The monoisotopic (exact) mass is 1060 g/mol. The van der Waals surface area contributed by atoms with E-state index in [2.05, 4.69) is 76.6 Å². The summed E-state index contributed by atoms with van der Waals surface area (Å²) in [5.74, 6) is 9.01. The Hall–Kier alpha value is -6.78. The number of aliphatic hydroxyl groups is 2. The van der Waals surface area contributed by atoms with E-state index in [-0.39, 0.29) is 71.9 Å². The minimum atomic E-state index is -0.756. The number of ether oxygens (including phenoxy) is 3. The Balaban J connectivity index is 0.937. The third kappa shape index (κ3) is 9.74. The van der Waals surface area contributed by atoms with Gasteiger partial charge in [0.2, 0.25) is 0 Å². The van der Waals surface area contributed by atoms with Crippen LogP contribution in [0.2, 0.25) is 0 Å². The number of nitrogens with zero attached hydrogens (tertiary/aromatic N) is 1. The van der Waals surface area contributed by atoms with Gasteiger partial charge in [-0.15, -0.1) is 0 Å². The predicted octanol–water partition coefficient (Wildman–Crippen LogP) is 11.1. The van der Waals surface area contributed by atoms with E-state index in [9.17, 15) is 25.5 Å². The van der Waals surface area contributed by atoms with Crippen LogP contribution in [0.25, 0.3) is 22.7 Å². The van der Waals surface area contributed by atoms with Gasteiger partial charge in [0, 0.05) is 82.5 Å². The standard InChI is InChI=1S/C68H73N3O8/c69-64-35-46-18-16-42(14-15-43-17-22-60(74)48(28-43)29-44-9-6-11-53(73)30-44)8-7-12-54-36-61(75)47-19-21-55-56(33-47)50(39-72)34-62(76)65(55)78-40-51-32-52(31-49-37-71(38-57(49)51)66(70-64)58(46)41-77-54)68-26-27-79-67(24-4-1-5-25-67)63(68)23-20-45-10-2-3-13-59(45)68/h2-3,6,9-11,13,17,19,21-22,28,30-32,34-35,37-38,42,47,54,61,63-64,70,72-76H,1,4-5,7-8,12,14-15,20,23-27,29,33,36,39-41,69H2. The van der Waals surface area contributed by atoms with Gasteiger partial charge in [-0.3, -0.25) is 0 Å². The number of nitrogens with one attached hydrogen (secondary N) is 1. The van der Waals surface area contributed by atoms with Crippen molar-refractivity contribution < 1.29 is 39.7 Å². The molecule has 79 heavy (non-hydrogen) atoms. The van der Waals surface area contributed by atoms with Crippen LogP contribution >= 0.6 is 0 Å². The highest BCUT2D eigenvalue weighted by Gasteiger charge is 2.58. The summed E-state index contributed by atoms with van der Waals surface area (Å²) in [5, 5.41) is 61.5. The minimum Gasteiger partial charge on any atom is -0.508 e. The molecule has 11 heteroatoms. The van der Waals surface area contributed by atoms with E-state index in [0.717, 1.165) is 125 Å². The summed E-state index contributed by atoms with van der Waals surface area (Å²) in [5.41, 5.74) is 18.3. The summed E-state index contributed by atoms with van der Waals surface area (Å²) in [4.78, 5) is 0. The van der Waals surface area contributed by atoms with Gasteiger partial charge in [-0.1, -0.05) is 97.9 Å². The number of nitrogens with two attached hydrogens (primary N) is 1. The molecule has 1 spiro atoms. The summed E-state index contributed by atoms with van der Waals surface area (Å²) < 4.78 is 23.2. The number of aromatic hydroxyl groups is 3. The number of rotatable bonds is 7. The van der Waals surface area contributed by atoms with Crippen molar-refractivity contribution in [3.05, 3.63) is 176 Å². The first kappa shape index (κ1) is 51.6. The molecule has 8 aliphatic rings. The molecule has 6 heterocycles. The summed E-state index contributed by atoms with van der Waals surface area (Å²) >= 11 is 0. The fourth-order valence-corrected chi connectivity index (χ4v) is 15.2. The van der Waals surface area contributed by atoms with Crippen LogP contribution in [0.5, 0.6) is 23.0 Å².